The summed E-state index contributed by atoms with van der Waals surface area (Å²) in [5, 5.41) is 18.1. The van der Waals surface area contributed by atoms with Gasteiger partial charge in [-0.2, -0.15) is 0 Å². The lowest BCUT2D eigenvalue weighted by atomic mass is 9.87. The Kier molecular flexibility index (Phi) is 9.51. The third-order valence-electron chi connectivity index (χ3n) is 4.99. The molecule has 3 N–H and O–H groups in total. The molecule has 1 atom stereocenters. The maximum absolute atomic E-state index is 11.6. The van der Waals surface area contributed by atoms with Gasteiger partial charge in [0.25, 0.3) is 0 Å². The smallest absolute Gasteiger partial charge is 0.216 e. The van der Waals surface area contributed by atoms with Crippen molar-refractivity contribution >= 4 is 29.9 Å². The summed E-state index contributed by atoms with van der Waals surface area (Å²) in [6, 6.07) is 19.7. The number of halogens is 1. The first kappa shape index (κ1) is 24.9. The minimum absolute atomic E-state index is 0. The number of nitrogens with one attached hydrogen (secondary N) is 2. The van der Waals surface area contributed by atoms with Crippen LogP contribution in [0.3, 0.4) is 0 Å². The van der Waals surface area contributed by atoms with E-state index in [0.717, 1.165) is 22.6 Å². The molecule has 2 aromatic carbocycles. The van der Waals surface area contributed by atoms with Crippen LogP contribution >= 0.6 is 24.0 Å². The van der Waals surface area contributed by atoms with Crippen molar-refractivity contribution in [2.24, 2.45) is 4.99 Å². The first-order valence-electron chi connectivity index (χ1n) is 10.3. The fraction of sp³-hybridized carbons (Fsp3) is 0.333. The lowest BCUT2D eigenvalue weighted by Crippen LogP contribution is -2.46. The predicted octanol–water partition coefficient (Wildman–Crippen LogP) is 4.10. The quantitative estimate of drug-likeness (QED) is 0.231. The minimum atomic E-state index is -1.09. The Balaban J connectivity index is 0.00000341. The van der Waals surface area contributed by atoms with Gasteiger partial charge in [0.15, 0.2) is 5.96 Å². The number of hydrogen-bond donors (Lipinski definition) is 3. The van der Waals surface area contributed by atoms with E-state index in [-0.39, 0.29) is 24.0 Å². The van der Waals surface area contributed by atoms with Crippen LogP contribution in [0.25, 0.3) is 0 Å². The topological polar surface area (TPSA) is 82.7 Å². The number of aliphatic imine (C=N–C) groups is 1. The summed E-state index contributed by atoms with van der Waals surface area (Å²) >= 11 is 0. The van der Waals surface area contributed by atoms with Crippen LogP contribution in [-0.4, -0.2) is 29.1 Å². The normalized spacial score (nSPS) is 13.2. The Morgan fingerprint density at radius 1 is 1.03 bits per heavy atom. The van der Waals surface area contributed by atoms with E-state index in [1.54, 1.807) is 0 Å². The van der Waals surface area contributed by atoms with Crippen LogP contribution in [0.15, 0.2) is 70.1 Å². The third kappa shape index (κ3) is 7.07. The first-order valence-corrected chi connectivity index (χ1v) is 10.3. The fourth-order valence-corrected chi connectivity index (χ4v) is 3.27. The van der Waals surface area contributed by atoms with Crippen molar-refractivity contribution in [1.29, 1.82) is 0 Å². The van der Waals surface area contributed by atoms with Crippen LogP contribution in [0.2, 0.25) is 0 Å². The van der Waals surface area contributed by atoms with E-state index < -0.39 is 5.60 Å². The van der Waals surface area contributed by atoms with E-state index in [1.807, 2.05) is 81.4 Å². The zero-order chi connectivity index (χ0) is 21.4. The van der Waals surface area contributed by atoms with Gasteiger partial charge in [0, 0.05) is 13.0 Å². The van der Waals surface area contributed by atoms with Gasteiger partial charge in [-0.3, -0.25) is 0 Å². The van der Waals surface area contributed by atoms with E-state index in [0.29, 0.717) is 37.9 Å². The van der Waals surface area contributed by atoms with Gasteiger partial charge in [-0.15, -0.1) is 24.0 Å². The van der Waals surface area contributed by atoms with Crippen LogP contribution in [0.1, 0.15) is 35.4 Å². The molecular formula is C24H31IN4O2. The van der Waals surface area contributed by atoms with Gasteiger partial charge < -0.3 is 20.2 Å². The molecule has 0 saturated heterocycles. The standard InChI is InChI=1S/C24H30N4O2.HI/c1-4-25-23(26-16-22-28-18(2)19(3)30-22)27-17-24(29,21-13-9-6-10-14-21)15-20-11-7-5-8-12-20;/h5-14,29H,4,15-17H2,1-3H3,(H2,25,26,27);1H. The summed E-state index contributed by atoms with van der Waals surface area (Å²) < 4.78 is 5.61. The number of oxazole rings is 1. The largest absolute Gasteiger partial charge is 0.444 e. The molecule has 1 aromatic heterocycles. The van der Waals surface area contributed by atoms with Crippen molar-refractivity contribution in [3.63, 3.8) is 0 Å². The molecule has 0 radical (unpaired) electrons. The summed E-state index contributed by atoms with van der Waals surface area (Å²) in [5.74, 6) is 1.98. The highest BCUT2D eigenvalue weighted by Gasteiger charge is 2.30. The van der Waals surface area contributed by atoms with E-state index in [4.69, 9.17) is 4.42 Å². The molecule has 31 heavy (non-hydrogen) atoms. The lowest BCUT2D eigenvalue weighted by molar-refractivity contribution is 0.0414. The second-order valence-electron chi connectivity index (χ2n) is 7.36. The Hall–Kier alpha value is -2.39. The lowest BCUT2D eigenvalue weighted by Gasteiger charge is -2.30. The van der Waals surface area contributed by atoms with Crippen LogP contribution in [0.4, 0.5) is 0 Å². The Morgan fingerprint density at radius 2 is 1.68 bits per heavy atom. The number of aliphatic hydroxyl groups is 1. The van der Waals surface area contributed by atoms with Gasteiger partial charge in [-0.1, -0.05) is 60.7 Å². The molecule has 3 aromatic rings. The van der Waals surface area contributed by atoms with Crippen molar-refractivity contribution < 1.29 is 9.52 Å². The monoisotopic (exact) mass is 534 g/mol. The zero-order valence-electron chi connectivity index (χ0n) is 18.3. The van der Waals surface area contributed by atoms with Crippen LogP contribution < -0.4 is 10.6 Å². The number of nitrogens with zero attached hydrogens (tertiary/aromatic N) is 2. The highest BCUT2D eigenvalue weighted by atomic mass is 127. The van der Waals surface area contributed by atoms with E-state index >= 15 is 0 Å². The highest BCUT2D eigenvalue weighted by molar-refractivity contribution is 14.0. The number of rotatable bonds is 8. The molecule has 0 amide bonds. The van der Waals surface area contributed by atoms with E-state index in [9.17, 15) is 5.11 Å². The molecule has 6 nitrogen and oxygen atoms in total. The van der Waals surface area contributed by atoms with Gasteiger partial charge in [-0.05, 0) is 31.9 Å². The number of hydrogen-bond acceptors (Lipinski definition) is 4. The SMILES string of the molecule is CCNC(=NCc1nc(C)c(C)o1)NCC(O)(Cc1ccccc1)c1ccccc1.I. The third-order valence-corrected chi connectivity index (χ3v) is 4.99. The Labute approximate surface area is 201 Å². The van der Waals surface area contributed by atoms with Gasteiger partial charge in [0.05, 0.1) is 12.2 Å². The number of benzene rings is 2. The minimum Gasteiger partial charge on any atom is -0.444 e. The zero-order valence-corrected chi connectivity index (χ0v) is 20.6. The average molecular weight is 534 g/mol. The molecule has 0 saturated carbocycles. The van der Waals surface area contributed by atoms with Crippen molar-refractivity contribution in [3.05, 3.63) is 89.1 Å². The number of aromatic nitrogens is 1. The molecule has 1 unspecified atom stereocenters. The van der Waals surface area contributed by atoms with Crippen molar-refractivity contribution in [2.45, 2.75) is 39.3 Å². The molecule has 166 valence electrons. The van der Waals surface area contributed by atoms with Crippen molar-refractivity contribution in [1.82, 2.24) is 15.6 Å². The van der Waals surface area contributed by atoms with Gasteiger partial charge in [0.1, 0.15) is 17.9 Å². The number of guanidine groups is 1. The maximum atomic E-state index is 11.6. The maximum Gasteiger partial charge on any atom is 0.216 e. The van der Waals surface area contributed by atoms with Crippen molar-refractivity contribution in [2.75, 3.05) is 13.1 Å². The van der Waals surface area contributed by atoms with Crippen LogP contribution in [0, 0.1) is 13.8 Å². The summed E-state index contributed by atoms with van der Waals surface area (Å²) in [7, 11) is 0. The number of aryl methyl sites for hydroxylation is 2. The molecule has 0 aliphatic heterocycles. The Morgan fingerprint density at radius 3 is 2.26 bits per heavy atom. The second kappa shape index (κ2) is 11.9. The molecule has 0 aliphatic carbocycles. The fourth-order valence-electron chi connectivity index (χ4n) is 3.27. The summed E-state index contributed by atoms with van der Waals surface area (Å²) in [4.78, 5) is 8.94. The van der Waals surface area contributed by atoms with Gasteiger partial charge in [-0.25, -0.2) is 9.98 Å². The molecule has 3 rings (SSSR count). The molecule has 0 spiro atoms. The van der Waals surface area contributed by atoms with Gasteiger partial charge in [0.2, 0.25) is 5.89 Å². The molecule has 7 heteroatoms. The van der Waals surface area contributed by atoms with Crippen molar-refractivity contribution in [3.8, 4) is 0 Å². The summed E-state index contributed by atoms with van der Waals surface area (Å²) in [6.45, 7) is 7.15. The molecular weight excluding hydrogens is 503 g/mol. The first-order chi connectivity index (χ1) is 14.5. The average Bonchev–Trinajstić information content (AvgIpc) is 3.09. The molecule has 0 fully saturated rings. The van der Waals surface area contributed by atoms with Crippen LogP contribution in [-0.2, 0) is 18.6 Å². The highest BCUT2D eigenvalue weighted by Crippen LogP contribution is 2.25. The summed E-state index contributed by atoms with van der Waals surface area (Å²) in [5.41, 5.74) is 1.71. The van der Waals surface area contributed by atoms with E-state index in [2.05, 4.69) is 20.6 Å². The molecule has 1 heterocycles. The molecule has 0 bridgehead atoms. The van der Waals surface area contributed by atoms with E-state index in [1.165, 1.54) is 0 Å². The van der Waals surface area contributed by atoms with Crippen LogP contribution in [0.5, 0.6) is 0 Å². The predicted molar refractivity (Wildman–Crippen MR) is 135 cm³/mol. The van der Waals surface area contributed by atoms with Gasteiger partial charge >= 0.3 is 0 Å². The summed E-state index contributed by atoms with van der Waals surface area (Å²) in [6.07, 6.45) is 0.488. The second-order valence-corrected chi connectivity index (χ2v) is 7.36. The molecule has 0 aliphatic rings. The Bertz CT molecular complexity index is 941.